The van der Waals surface area contributed by atoms with Gasteiger partial charge in [0, 0.05) is 6.42 Å². The lowest BCUT2D eigenvalue weighted by Crippen LogP contribution is -2.21. The molecule has 0 radical (unpaired) electrons. The summed E-state index contributed by atoms with van der Waals surface area (Å²) in [6, 6.07) is 0. The minimum atomic E-state index is -1.35. The third-order valence-corrected chi connectivity index (χ3v) is 2.42. The third kappa shape index (κ3) is 3.07. The van der Waals surface area contributed by atoms with Gasteiger partial charge in [0.1, 0.15) is 0 Å². The minimum Gasteiger partial charge on any atom is -0.432 e. The van der Waals surface area contributed by atoms with Gasteiger partial charge < -0.3 is 9.47 Å². The Labute approximate surface area is 89.0 Å². The minimum absolute atomic E-state index is 0.464. The Balaban J connectivity index is 2.28. The molecule has 1 aliphatic heterocycles. The van der Waals surface area contributed by atoms with Crippen LogP contribution >= 0.6 is 25.3 Å². The molecule has 1 atom stereocenters. The predicted octanol–water partition coefficient (Wildman–Crippen LogP) is 1.98. The number of unbranched alkanes of at least 4 members (excludes halogenated alkanes) is 2. The Morgan fingerprint density at radius 2 is 2.15 bits per heavy atom. The fraction of sp³-hybridized carbons (Fsp3) is 0.875. The Kier molecular flexibility index (Phi) is 3.94. The van der Waals surface area contributed by atoms with Gasteiger partial charge in [-0.3, -0.25) is 0 Å². The van der Waals surface area contributed by atoms with E-state index in [1.54, 1.807) is 0 Å². The van der Waals surface area contributed by atoms with Gasteiger partial charge in [0.2, 0.25) is 6.29 Å². The summed E-state index contributed by atoms with van der Waals surface area (Å²) < 4.78 is 8.72. The second kappa shape index (κ2) is 4.57. The molecule has 0 aromatic carbocycles. The normalized spacial score (nSPS) is 26.1. The maximum atomic E-state index is 11.0. The summed E-state index contributed by atoms with van der Waals surface area (Å²) in [5.41, 5.74) is 0. The van der Waals surface area contributed by atoms with Crippen LogP contribution in [0.15, 0.2) is 0 Å². The molecule has 0 aromatic heterocycles. The molecule has 0 aliphatic carbocycles. The molecule has 0 amide bonds. The van der Waals surface area contributed by atoms with E-state index in [0.29, 0.717) is 0 Å². The Bertz CT molecular complexity index is 194. The van der Waals surface area contributed by atoms with E-state index in [0.717, 1.165) is 25.7 Å². The molecular formula is C8H14O3S2. The van der Waals surface area contributed by atoms with Gasteiger partial charge in [-0.05, 0) is 6.42 Å². The molecule has 0 aromatic rings. The van der Waals surface area contributed by atoms with Crippen molar-refractivity contribution in [2.24, 2.45) is 0 Å². The maximum absolute atomic E-state index is 11.0. The lowest BCUT2D eigenvalue weighted by molar-refractivity contribution is -0.143. The summed E-state index contributed by atoms with van der Waals surface area (Å²) >= 11 is 7.83. The molecule has 5 heteroatoms. The summed E-state index contributed by atoms with van der Waals surface area (Å²) in [6.45, 7) is 2.11. The number of cyclic esters (lactones) is 1. The number of hydrogen-bond acceptors (Lipinski definition) is 5. The molecule has 1 unspecified atom stereocenters. The predicted molar refractivity (Wildman–Crippen MR) is 55.8 cm³/mol. The Hall–Kier alpha value is 0.130. The standard InChI is InChI=1S/C8H14O3S2/c1-2-3-4-5-6-10-7(9)8(12,13)11-6/h6,12-13H,2-5H2,1H3. The Morgan fingerprint density at radius 3 is 2.62 bits per heavy atom. The molecule has 0 bridgehead atoms. The molecule has 76 valence electrons. The maximum Gasteiger partial charge on any atom is 0.362 e. The lowest BCUT2D eigenvalue weighted by Gasteiger charge is -2.10. The molecule has 3 nitrogen and oxygen atoms in total. The van der Waals surface area contributed by atoms with Gasteiger partial charge in [0.15, 0.2) is 0 Å². The summed E-state index contributed by atoms with van der Waals surface area (Å²) in [5, 5.41) is 0. The highest BCUT2D eigenvalue weighted by atomic mass is 32.2. The number of ether oxygens (including phenoxy) is 2. The van der Waals surface area contributed by atoms with Gasteiger partial charge in [0.05, 0.1) is 0 Å². The second-order valence-corrected chi connectivity index (χ2v) is 4.67. The molecule has 13 heavy (non-hydrogen) atoms. The third-order valence-electron chi connectivity index (χ3n) is 1.84. The van der Waals surface area contributed by atoms with Crippen molar-refractivity contribution in [2.75, 3.05) is 0 Å². The number of carbonyl (C=O) groups excluding carboxylic acids is 1. The van der Waals surface area contributed by atoms with Crippen molar-refractivity contribution in [3.05, 3.63) is 0 Å². The first-order valence-corrected chi connectivity index (χ1v) is 5.29. The van der Waals surface area contributed by atoms with Crippen LogP contribution in [0, 0.1) is 0 Å². The first-order valence-electron chi connectivity index (χ1n) is 4.40. The van der Waals surface area contributed by atoms with Crippen LogP contribution in [0.2, 0.25) is 0 Å². The van der Waals surface area contributed by atoms with E-state index in [4.69, 9.17) is 9.47 Å². The molecule has 1 fully saturated rings. The molecule has 0 N–H and O–H groups in total. The van der Waals surface area contributed by atoms with Gasteiger partial charge in [-0.25, -0.2) is 4.79 Å². The van der Waals surface area contributed by atoms with Gasteiger partial charge in [-0.2, -0.15) is 0 Å². The van der Waals surface area contributed by atoms with Crippen LogP contribution in [-0.2, 0) is 14.3 Å². The topological polar surface area (TPSA) is 35.5 Å². The molecule has 1 saturated heterocycles. The van der Waals surface area contributed by atoms with Gasteiger partial charge in [0.25, 0.3) is 4.27 Å². The molecular weight excluding hydrogens is 208 g/mol. The van der Waals surface area contributed by atoms with Crippen molar-refractivity contribution in [2.45, 2.75) is 43.2 Å². The van der Waals surface area contributed by atoms with E-state index in [1.807, 2.05) is 0 Å². The van der Waals surface area contributed by atoms with Crippen LogP contribution in [-0.4, -0.2) is 16.5 Å². The van der Waals surface area contributed by atoms with E-state index in [1.165, 1.54) is 0 Å². The average molecular weight is 222 g/mol. The lowest BCUT2D eigenvalue weighted by atomic mass is 10.2. The van der Waals surface area contributed by atoms with Crippen LogP contribution in [0.1, 0.15) is 32.6 Å². The second-order valence-electron chi connectivity index (χ2n) is 3.06. The number of carbonyl (C=O) groups is 1. The fourth-order valence-corrected chi connectivity index (χ4v) is 1.47. The van der Waals surface area contributed by atoms with Crippen molar-refractivity contribution in [3.63, 3.8) is 0 Å². The first kappa shape index (κ1) is 11.2. The van der Waals surface area contributed by atoms with Gasteiger partial charge in [-0.1, -0.05) is 19.8 Å². The zero-order valence-corrected chi connectivity index (χ0v) is 9.31. The van der Waals surface area contributed by atoms with Crippen LogP contribution in [0.4, 0.5) is 0 Å². The molecule has 0 spiro atoms. The number of hydrogen-bond donors (Lipinski definition) is 2. The van der Waals surface area contributed by atoms with Crippen LogP contribution < -0.4 is 0 Å². The summed E-state index contributed by atoms with van der Waals surface area (Å²) in [7, 11) is 0. The average Bonchev–Trinajstić information content (AvgIpc) is 2.27. The number of rotatable bonds is 4. The zero-order valence-electron chi connectivity index (χ0n) is 7.52. The van der Waals surface area contributed by atoms with E-state index < -0.39 is 16.5 Å². The zero-order chi connectivity index (χ0) is 9.90. The quantitative estimate of drug-likeness (QED) is 0.330. The molecule has 1 aliphatic rings. The summed E-state index contributed by atoms with van der Waals surface area (Å²) in [5.74, 6) is -0.513. The highest BCUT2D eigenvalue weighted by molar-refractivity contribution is 8.01. The van der Waals surface area contributed by atoms with Crippen molar-refractivity contribution in [1.29, 1.82) is 0 Å². The van der Waals surface area contributed by atoms with Crippen molar-refractivity contribution in [1.82, 2.24) is 0 Å². The van der Waals surface area contributed by atoms with E-state index in [-0.39, 0.29) is 0 Å². The molecule has 1 heterocycles. The van der Waals surface area contributed by atoms with Gasteiger partial charge >= 0.3 is 5.97 Å². The SMILES string of the molecule is CCCCCC1OC(=O)C(S)(S)O1. The monoisotopic (exact) mass is 222 g/mol. The molecule has 0 saturated carbocycles. The Morgan fingerprint density at radius 1 is 1.46 bits per heavy atom. The van der Waals surface area contributed by atoms with Crippen molar-refractivity contribution >= 4 is 31.2 Å². The summed E-state index contributed by atoms with van der Waals surface area (Å²) in [6.07, 6.45) is 3.50. The fourth-order valence-electron chi connectivity index (χ4n) is 1.13. The van der Waals surface area contributed by atoms with E-state index in [9.17, 15) is 4.79 Å². The highest BCUT2D eigenvalue weighted by Crippen LogP contribution is 2.33. The van der Waals surface area contributed by atoms with E-state index >= 15 is 0 Å². The van der Waals surface area contributed by atoms with Crippen LogP contribution in [0.5, 0.6) is 0 Å². The van der Waals surface area contributed by atoms with Crippen molar-refractivity contribution < 1.29 is 14.3 Å². The van der Waals surface area contributed by atoms with Crippen LogP contribution in [0.3, 0.4) is 0 Å². The highest BCUT2D eigenvalue weighted by Gasteiger charge is 2.44. The molecule has 1 rings (SSSR count). The first-order chi connectivity index (χ1) is 6.06. The smallest absolute Gasteiger partial charge is 0.362 e. The van der Waals surface area contributed by atoms with Crippen LogP contribution in [0.25, 0.3) is 0 Å². The number of esters is 1. The van der Waals surface area contributed by atoms with E-state index in [2.05, 4.69) is 32.2 Å². The largest absolute Gasteiger partial charge is 0.432 e. The van der Waals surface area contributed by atoms with Crippen molar-refractivity contribution in [3.8, 4) is 0 Å². The number of thiol groups is 2. The van der Waals surface area contributed by atoms with Gasteiger partial charge in [-0.15, -0.1) is 25.3 Å². The summed E-state index contributed by atoms with van der Waals surface area (Å²) in [4.78, 5) is 11.0.